The first-order valence-electron chi connectivity index (χ1n) is 10.7. The molecule has 176 valence electrons. The number of methoxy groups -OCH3 is 1. The Kier molecular flexibility index (Phi) is 8.62. The van der Waals surface area contributed by atoms with Crippen molar-refractivity contribution in [1.82, 2.24) is 5.32 Å². The lowest BCUT2D eigenvalue weighted by Gasteiger charge is -2.12. The van der Waals surface area contributed by atoms with Crippen LogP contribution in [0.5, 0.6) is 11.5 Å². The quantitative estimate of drug-likeness (QED) is 0.362. The third kappa shape index (κ3) is 7.09. The summed E-state index contributed by atoms with van der Waals surface area (Å²) < 4.78 is 14.8. The smallest absolute Gasteiger partial charge is 0.497 e. The Balaban J connectivity index is 1.57. The van der Waals surface area contributed by atoms with Crippen LogP contribution in [0.25, 0.3) is 0 Å². The number of anilines is 1. The van der Waals surface area contributed by atoms with Crippen LogP contribution >= 0.6 is 0 Å². The molecule has 8 nitrogen and oxygen atoms in total. The first-order valence-corrected chi connectivity index (χ1v) is 10.7. The summed E-state index contributed by atoms with van der Waals surface area (Å²) in [5.41, 5.74) is 2.61. The van der Waals surface area contributed by atoms with E-state index in [9.17, 15) is 14.4 Å². The monoisotopic (exact) mass is 462 g/mol. The van der Waals surface area contributed by atoms with Crippen LogP contribution in [-0.2, 0) is 22.5 Å². The fraction of sp³-hybridized carbons (Fsp3) is 0.192. The van der Waals surface area contributed by atoms with Gasteiger partial charge in [0.2, 0.25) is 5.91 Å². The minimum absolute atomic E-state index is 0.136. The van der Waals surface area contributed by atoms with Crippen LogP contribution in [0, 0.1) is 0 Å². The van der Waals surface area contributed by atoms with Gasteiger partial charge < -0.3 is 24.8 Å². The van der Waals surface area contributed by atoms with E-state index in [-0.39, 0.29) is 37.1 Å². The van der Waals surface area contributed by atoms with Gasteiger partial charge in [-0.25, -0.2) is 4.79 Å². The average molecular weight is 463 g/mol. The van der Waals surface area contributed by atoms with Crippen LogP contribution in [-0.4, -0.2) is 31.7 Å². The lowest BCUT2D eigenvalue weighted by molar-refractivity contribution is -0.120. The number of carbonyl (C=O) groups excluding carboxylic acids is 3. The molecular weight excluding hydrogens is 436 g/mol. The Morgan fingerprint density at radius 1 is 0.853 bits per heavy atom. The number of benzene rings is 3. The highest BCUT2D eigenvalue weighted by atomic mass is 16.7. The number of nitrogens with one attached hydrogen (secondary N) is 2. The first-order chi connectivity index (χ1) is 16.5. The molecule has 0 aromatic heterocycles. The standard InChI is InChI=1S/C26H26N2O6/c1-3-33-26(31)34-22-14-10-19(11-15-22)25(30)28-23-7-5-4-6-20(23)17-27-24(29)16-18-8-12-21(32-2)13-9-18/h4-15H,3,16-17H2,1-2H3,(H,27,29)(H,28,30). The number of hydrogen-bond donors (Lipinski definition) is 2. The van der Waals surface area contributed by atoms with E-state index >= 15 is 0 Å². The predicted molar refractivity (Wildman–Crippen MR) is 127 cm³/mol. The molecule has 3 aromatic rings. The summed E-state index contributed by atoms with van der Waals surface area (Å²) in [5, 5.41) is 5.74. The van der Waals surface area contributed by atoms with E-state index in [2.05, 4.69) is 10.6 Å². The lowest BCUT2D eigenvalue weighted by atomic mass is 10.1. The molecule has 0 aliphatic rings. The SMILES string of the molecule is CCOC(=O)Oc1ccc(C(=O)Nc2ccccc2CNC(=O)Cc2ccc(OC)cc2)cc1. The summed E-state index contributed by atoms with van der Waals surface area (Å²) in [4.78, 5) is 36.5. The molecule has 0 radical (unpaired) electrons. The Labute approximate surface area is 197 Å². The third-order valence-electron chi connectivity index (χ3n) is 4.85. The summed E-state index contributed by atoms with van der Waals surface area (Å²) in [7, 11) is 1.59. The second-order valence-corrected chi connectivity index (χ2v) is 7.22. The van der Waals surface area contributed by atoms with Crippen LogP contribution in [0.3, 0.4) is 0 Å². The van der Waals surface area contributed by atoms with Gasteiger partial charge in [0.15, 0.2) is 0 Å². The highest BCUT2D eigenvalue weighted by molar-refractivity contribution is 6.04. The van der Waals surface area contributed by atoms with Gasteiger partial charge in [-0.05, 0) is 60.5 Å². The fourth-order valence-electron chi connectivity index (χ4n) is 3.09. The topological polar surface area (TPSA) is 103 Å². The zero-order chi connectivity index (χ0) is 24.3. The van der Waals surface area contributed by atoms with Gasteiger partial charge in [0.25, 0.3) is 5.91 Å². The van der Waals surface area contributed by atoms with Crippen molar-refractivity contribution in [3.8, 4) is 11.5 Å². The Morgan fingerprint density at radius 3 is 2.21 bits per heavy atom. The lowest BCUT2D eigenvalue weighted by Crippen LogP contribution is -2.25. The Morgan fingerprint density at radius 2 is 1.53 bits per heavy atom. The Bertz CT molecular complexity index is 1130. The molecule has 8 heteroatoms. The van der Waals surface area contributed by atoms with Crippen molar-refractivity contribution >= 4 is 23.7 Å². The second kappa shape index (κ2) is 12.1. The van der Waals surface area contributed by atoms with Crippen molar-refractivity contribution in [3.05, 3.63) is 89.5 Å². The molecule has 0 aliphatic heterocycles. The van der Waals surface area contributed by atoms with E-state index in [1.165, 1.54) is 12.1 Å². The Hall–Kier alpha value is -4.33. The van der Waals surface area contributed by atoms with Crippen LogP contribution in [0.1, 0.15) is 28.4 Å². The molecule has 2 amide bonds. The van der Waals surface area contributed by atoms with Gasteiger partial charge in [-0.3, -0.25) is 9.59 Å². The van der Waals surface area contributed by atoms with Gasteiger partial charge in [-0.2, -0.15) is 0 Å². The maximum absolute atomic E-state index is 12.7. The van der Waals surface area contributed by atoms with Gasteiger partial charge in [0, 0.05) is 17.8 Å². The van der Waals surface area contributed by atoms with Gasteiger partial charge in [-0.15, -0.1) is 0 Å². The highest BCUT2D eigenvalue weighted by Crippen LogP contribution is 2.18. The first kappa shape index (κ1) is 24.3. The third-order valence-corrected chi connectivity index (χ3v) is 4.85. The van der Waals surface area contributed by atoms with Crippen molar-refractivity contribution in [3.63, 3.8) is 0 Å². The molecule has 0 bridgehead atoms. The van der Waals surface area contributed by atoms with E-state index in [0.717, 1.165) is 16.9 Å². The zero-order valence-corrected chi connectivity index (χ0v) is 19.0. The number of rotatable bonds is 9. The number of para-hydroxylation sites is 1. The highest BCUT2D eigenvalue weighted by Gasteiger charge is 2.12. The van der Waals surface area contributed by atoms with Crippen LogP contribution in [0.4, 0.5) is 10.5 Å². The number of carbonyl (C=O) groups is 3. The molecule has 0 saturated heterocycles. The summed E-state index contributed by atoms with van der Waals surface area (Å²) in [6.07, 6.45) is -0.568. The maximum Gasteiger partial charge on any atom is 0.513 e. The normalized spacial score (nSPS) is 10.2. The summed E-state index contributed by atoms with van der Waals surface area (Å²) in [6.45, 7) is 2.15. The molecular formula is C26H26N2O6. The molecule has 0 spiro atoms. The number of hydrogen-bond acceptors (Lipinski definition) is 6. The summed E-state index contributed by atoms with van der Waals surface area (Å²) >= 11 is 0. The van der Waals surface area contributed by atoms with Crippen molar-refractivity contribution in [2.24, 2.45) is 0 Å². The molecule has 0 unspecified atom stereocenters. The van der Waals surface area contributed by atoms with Gasteiger partial charge in [0.1, 0.15) is 11.5 Å². The van der Waals surface area contributed by atoms with Crippen molar-refractivity contribution in [2.75, 3.05) is 19.0 Å². The molecule has 0 aliphatic carbocycles. The van der Waals surface area contributed by atoms with Crippen LogP contribution in [0.2, 0.25) is 0 Å². The average Bonchev–Trinajstić information content (AvgIpc) is 2.84. The van der Waals surface area contributed by atoms with Crippen molar-refractivity contribution < 1.29 is 28.6 Å². The molecule has 0 heterocycles. The van der Waals surface area contributed by atoms with Crippen LogP contribution < -0.4 is 20.1 Å². The van der Waals surface area contributed by atoms with Gasteiger partial charge in [-0.1, -0.05) is 30.3 Å². The van der Waals surface area contributed by atoms with E-state index < -0.39 is 6.16 Å². The zero-order valence-electron chi connectivity index (χ0n) is 19.0. The van der Waals surface area contributed by atoms with E-state index in [0.29, 0.717) is 11.3 Å². The van der Waals surface area contributed by atoms with Gasteiger partial charge >= 0.3 is 6.16 Å². The maximum atomic E-state index is 12.7. The molecule has 3 aromatic carbocycles. The molecule has 0 saturated carbocycles. The molecule has 0 fully saturated rings. The minimum Gasteiger partial charge on any atom is -0.497 e. The van der Waals surface area contributed by atoms with Gasteiger partial charge in [0.05, 0.1) is 20.1 Å². The molecule has 34 heavy (non-hydrogen) atoms. The van der Waals surface area contributed by atoms with Crippen molar-refractivity contribution in [1.29, 1.82) is 0 Å². The predicted octanol–water partition coefficient (Wildman–Crippen LogP) is 4.34. The van der Waals surface area contributed by atoms with E-state index in [1.807, 2.05) is 36.4 Å². The summed E-state index contributed by atoms with van der Waals surface area (Å²) in [5.74, 6) is 0.535. The fourth-order valence-corrected chi connectivity index (χ4v) is 3.09. The number of ether oxygens (including phenoxy) is 3. The van der Waals surface area contributed by atoms with E-state index in [1.54, 1.807) is 38.3 Å². The van der Waals surface area contributed by atoms with Crippen molar-refractivity contribution in [2.45, 2.75) is 19.9 Å². The second-order valence-electron chi connectivity index (χ2n) is 7.22. The largest absolute Gasteiger partial charge is 0.513 e. The molecule has 2 N–H and O–H groups in total. The molecule has 0 atom stereocenters. The van der Waals surface area contributed by atoms with Crippen LogP contribution in [0.15, 0.2) is 72.8 Å². The molecule has 3 rings (SSSR count). The minimum atomic E-state index is -0.803. The summed E-state index contributed by atoms with van der Waals surface area (Å²) in [6, 6.07) is 20.6. The number of amides is 2. The van der Waals surface area contributed by atoms with E-state index in [4.69, 9.17) is 14.2 Å².